The Morgan fingerprint density at radius 1 is 1.08 bits per heavy atom. The maximum absolute atomic E-state index is 11.9. The van der Waals surface area contributed by atoms with Gasteiger partial charge < -0.3 is 9.47 Å². The molecule has 0 N–H and O–H groups in total. The van der Waals surface area contributed by atoms with E-state index in [1.54, 1.807) is 18.2 Å². The minimum absolute atomic E-state index is 0.178. The minimum atomic E-state index is -0.178. The van der Waals surface area contributed by atoms with Crippen molar-refractivity contribution >= 4 is 10.9 Å². The van der Waals surface area contributed by atoms with Crippen LogP contribution in [-0.4, -0.2) is 29.1 Å². The van der Waals surface area contributed by atoms with Gasteiger partial charge in [-0.3, -0.25) is 0 Å². The molecule has 1 aliphatic heterocycles. The van der Waals surface area contributed by atoms with Crippen molar-refractivity contribution in [3.05, 3.63) is 72.2 Å². The lowest BCUT2D eigenvalue weighted by molar-refractivity contribution is 0.197. The van der Waals surface area contributed by atoms with Crippen molar-refractivity contribution in [3.63, 3.8) is 0 Å². The Bertz CT molecular complexity index is 871. The van der Waals surface area contributed by atoms with Gasteiger partial charge in [0, 0.05) is 30.8 Å². The van der Waals surface area contributed by atoms with E-state index in [2.05, 4.69) is 34.7 Å². The summed E-state index contributed by atoms with van der Waals surface area (Å²) in [5, 5.41) is 10.3. The van der Waals surface area contributed by atoms with Crippen LogP contribution in [0.3, 0.4) is 0 Å². The van der Waals surface area contributed by atoms with Gasteiger partial charge in [0.05, 0.1) is 11.6 Å². The summed E-state index contributed by atoms with van der Waals surface area (Å²) in [6.45, 7) is 5.74. The third-order valence-corrected chi connectivity index (χ3v) is 4.98. The molecule has 4 rings (SSSR count). The summed E-state index contributed by atoms with van der Waals surface area (Å²) in [5.74, 6) is -0.178. The highest BCUT2D eigenvalue weighted by Gasteiger charge is 2.20. The molecule has 1 aromatic heterocycles. The molecule has 0 atom stereocenters. The molecule has 3 aromatic rings. The first-order valence-corrected chi connectivity index (χ1v) is 9.15. The fourth-order valence-electron chi connectivity index (χ4n) is 3.47. The van der Waals surface area contributed by atoms with Crippen LogP contribution >= 0.6 is 0 Å². The summed E-state index contributed by atoms with van der Waals surface area (Å²) < 4.78 is 14.3. The van der Waals surface area contributed by atoms with Crippen LogP contribution < -0.4 is 0 Å². The summed E-state index contributed by atoms with van der Waals surface area (Å²) in [5.41, 5.74) is 1.95. The maximum atomic E-state index is 11.9. The standard InChI is InChI=1S/C16H19N3.C6H5F/c1-2-18-8-6-15(7-9-18)19-10-5-14-4-3-13(12-17)11-16(14)19;7-6-4-2-1-3-5-6/h3-5,10-11,15H,2,6-9H2,1H3;1-5H. The van der Waals surface area contributed by atoms with Gasteiger partial charge in [0.2, 0.25) is 0 Å². The zero-order chi connectivity index (χ0) is 18.4. The molecule has 0 aliphatic carbocycles. The van der Waals surface area contributed by atoms with Gasteiger partial charge in [-0.05, 0) is 55.1 Å². The Labute approximate surface area is 154 Å². The molecule has 4 heteroatoms. The molecular weight excluding hydrogens is 325 g/mol. The first-order chi connectivity index (χ1) is 12.7. The van der Waals surface area contributed by atoms with Crippen LogP contribution in [0.5, 0.6) is 0 Å². The van der Waals surface area contributed by atoms with E-state index in [1.807, 2.05) is 18.2 Å². The Kier molecular flexibility index (Phi) is 6.04. The Morgan fingerprint density at radius 3 is 2.38 bits per heavy atom. The lowest BCUT2D eigenvalue weighted by Gasteiger charge is -2.32. The molecule has 26 heavy (non-hydrogen) atoms. The predicted molar refractivity (Wildman–Crippen MR) is 103 cm³/mol. The maximum Gasteiger partial charge on any atom is 0.123 e. The number of hydrogen-bond donors (Lipinski definition) is 0. The highest BCUT2D eigenvalue weighted by Crippen LogP contribution is 2.28. The molecule has 0 radical (unpaired) electrons. The molecule has 3 nitrogen and oxygen atoms in total. The molecule has 0 spiro atoms. The number of rotatable bonds is 2. The molecule has 0 saturated carbocycles. The zero-order valence-electron chi connectivity index (χ0n) is 15.1. The third kappa shape index (κ3) is 4.30. The fourth-order valence-corrected chi connectivity index (χ4v) is 3.47. The molecular formula is C22H24FN3. The summed E-state index contributed by atoms with van der Waals surface area (Å²) in [6, 6.07) is 18.9. The monoisotopic (exact) mass is 349 g/mol. The predicted octanol–water partition coefficient (Wildman–Crippen LogP) is 5.00. The first-order valence-electron chi connectivity index (χ1n) is 9.15. The second kappa shape index (κ2) is 8.64. The van der Waals surface area contributed by atoms with Crippen LogP contribution in [0.1, 0.15) is 31.4 Å². The zero-order valence-corrected chi connectivity index (χ0v) is 15.1. The van der Waals surface area contributed by atoms with Crippen molar-refractivity contribution in [2.45, 2.75) is 25.8 Å². The largest absolute Gasteiger partial charge is 0.344 e. The summed E-state index contributed by atoms with van der Waals surface area (Å²) in [6.07, 6.45) is 4.58. The number of fused-ring (bicyclic) bond motifs is 1. The van der Waals surface area contributed by atoms with E-state index in [4.69, 9.17) is 5.26 Å². The van der Waals surface area contributed by atoms with E-state index in [1.165, 1.54) is 49.0 Å². The van der Waals surface area contributed by atoms with Crippen molar-refractivity contribution < 1.29 is 4.39 Å². The van der Waals surface area contributed by atoms with Crippen molar-refractivity contribution in [1.29, 1.82) is 5.26 Å². The van der Waals surface area contributed by atoms with Crippen LogP contribution in [0.15, 0.2) is 60.8 Å². The van der Waals surface area contributed by atoms with Gasteiger partial charge in [-0.1, -0.05) is 31.2 Å². The number of aromatic nitrogens is 1. The van der Waals surface area contributed by atoms with E-state index in [0.717, 1.165) is 12.1 Å². The molecule has 0 amide bonds. The Morgan fingerprint density at radius 2 is 1.81 bits per heavy atom. The van der Waals surface area contributed by atoms with E-state index in [9.17, 15) is 4.39 Å². The summed E-state index contributed by atoms with van der Waals surface area (Å²) in [7, 11) is 0. The lowest BCUT2D eigenvalue weighted by Crippen LogP contribution is -2.34. The number of nitrogens with zero attached hydrogens (tertiary/aromatic N) is 3. The van der Waals surface area contributed by atoms with Gasteiger partial charge in [0.15, 0.2) is 0 Å². The molecule has 1 aliphatic rings. The van der Waals surface area contributed by atoms with Crippen LogP contribution in [-0.2, 0) is 0 Å². The first kappa shape index (κ1) is 18.2. The quantitative estimate of drug-likeness (QED) is 0.652. The van der Waals surface area contributed by atoms with Crippen LogP contribution in [0.25, 0.3) is 10.9 Å². The van der Waals surface area contributed by atoms with Gasteiger partial charge in [-0.25, -0.2) is 4.39 Å². The SMILES string of the molecule is CCN1CCC(n2ccc3ccc(C#N)cc32)CC1.Fc1ccccc1. The van der Waals surface area contributed by atoms with Gasteiger partial charge in [-0.2, -0.15) is 5.26 Å². The van der Waals surface area contributed by atoms with Crippen molar-refractivity contribution in [3.8, 4) is 6.07 Å². The average Bonchev–Trinajstić information content (AvgIpc) is 3.12. The van der Waals surface area contributed by atoms with Crippen LogP contribution in [0.2, 0.25) is 0 Å². The number of piperidine rings is 1. The molecule has 1 fully saturated rings. The highest BCUT2D eigenvalue weighted by molar-refractivity contribution is 5.81. The Balaban J connectivity index is 0.000000236. The van der Waals surface area contributed by atoms with Crippen molar-refractivity contribution in [2.24, 2.45) is 0 Å². The topological polar surface area (TPSA) is 32.0 Å². The minimum Gasteiger partial charge on any atom is -0.344 e. The number of hydrogen-bond acceptors (Lipinski definition) is 2. The summed E-state index contributed by atoms with van der Waals surface area (Å²) >= 11 is 0. The number of likely N-dealkylation sites (tertiary alicyclic amines) is 1. The van der Waals surface area contributed by atoms with Crippen LogP contribution in [0, 0.1) is 17.1 Å². The fraction of sp³-hybridized carbons (Fsp3) is 0.318. The van der Waals surface area contributed by atoms with E-state index in [0.29, 0.717) is 6.04 Å². The number of halogens is 1. The second-order valence-electron chi connectivity index (χ2n) is 6.57. The normalized spacial score (nSPS) is 15.3. The van der Waals surface area contributed by atoms with Gasteiger partial charge in [0.25, 0.3) is 0 Å². The second-order valence-corrected chi connectivity index (χ2v) is 6.57. The number of benzene rings is 2. The molecule has 0 unspecified atom stereocenters. The highest BCUT2D eigenvalue weighted by atomic mass is 19.1. The Hall–Kier alpha value is -2.64. The smallest absolute Gasteiger partial charge is 0.123 e. The van der Waals surface area contributed by atoms with Gasteiger partial charge in [0.1, 0.15) is 5.82 Å². The van der Waals surface area contributed by atoms with Gasteiger partial charge in [-0.15, -0.1) is 0 Å². The molecule has 0 bridgehead atoms. The lowest BCUT2D eigenvalue weighted by atomic mass is 10.0. The van der Waals surface area contributed by atoms with Crippen molar-refractivity contribution in [1.82, 2.24) is 9.47 Å². The molecule has 2 aromatic carbocycles. The van der Waals surface area contributed by atoms with Crippen molar-refractivity contribution in [2.75, 3.05) is 19.6 Å². The third-order valence-electron chi connectivity index (χ3n) is 4.98. The van der Waals surface area contributed by atoms with Gasteiger partial charge >= 0.3 is 0 Å². The van der Waals surface area contributed by atoms with Crippen LogP contribution in [0.4, 0.5) is 4.39 Å². The average molecular weight is 349 g/mol. The van der Waals surface area contributed by atoms with E-state index >= 15 is 0 Å². The molecule has 134 valence electrons. The van der Waals surface area contributed by atoms with E-state index < -0.39 is 0 Å². The molecule has 2 heterocycles. The molecule has 1 saturated heterocycles. The van der Waals surface area contributed by atoms with E-state index in [-0.39, 0.29) is 5.82 Å². The number of nitriles is 1. The summed E-state index contributed by atoms with van der Waals surface area (Å²) in [4.78, 5) is 2.50.